The Bertz CT molecular complexity index is 759. The van der Waals surface area contributed by atoms with E-state index in [1.807, 2.05) is 18.2 Å². The number of imidazole rings is 1. The van der Waals surface area contributed by atoms with Crippen molar-refractivity contribution in [3.63, 3.8) is 0 Å². The first-order valence-corrected chi connectivity index (χ1v) is 7.55. The Morgan fingerprint density at radius 1 is 1.30 bits per heavy atom. The number of aromatic amines is 1. The van der Waals surface area contributed by atoms with E-state index in [9.17, 15) is 5.11 Å². The summed E-state index contributed by atoms with van der Waals surface area (Å²) in [6.45, 7) is 1.74. The van der Waals surface area contributed by atoms with Gasteiger partial charge in [-0.3, -0.25) is 0 Å². The normalized spacial score (nSPS) is 12.8. The highest BCUT2D eigenvalue weighted by molar-refractivity contribution is 9.10. The van der Waals surface area contributed by atoms with Crippen molar-refractivity contribution in [1.82, 2.24) is 19.9 Å². The first-order chi connectivity index (χ1) is 9.65. The van der Waals surface area contributed by atoms with Crippen LogP contribution in [-0.2, 0) is 0 Å². The van der Waals surface area contributed by atoms with Gasteiger partial charge in [-0.2, -0.15) is 0 Å². The quantitative estimate of drug-likeness (QED) is 0.708. The molecule has 0 aliphatic rings. The molecule has 1 aromatic carbocycles. The van der Waals surface area contributed by atoms with Gasteiger partial charge in [-0.05, 0) is 40.5 Å². The molecule has 3 aromatic rings. The number of rotatable bonds is 3. The third-order valence-electron chi connectivity index (χ3n) is 2.83. The van der Waals surface area contributed by atoms with Crippen molar-refractivity contribution in [2.75, 3.05) is 0 Å². The fourth-order valence-corrected chi connectivity index (χ4v) is 3.28. The molecule has 7 heteroatoms. The van der Waals surface area contributed by atoms with Crippen molar-refractivity contribution in [1.29, 1.82) is 0 Å². The molecule has 102 valence electrons. The largest absolute Gasteiger partial charge is 0.389 e. The molecule has 3 rings (SSSR count). The maximum absolute atomic E-state index is 9.58. The zero-order valence-corrected chi connectivity index (χ0v) is 12.9. The zero-order valence-electron chi connectivity index (χ0n) is 10.5. The van der Waals surface area contributed by atoms with Crippen molar-refractivity contribution in [2.45, 2.75) is 22.9 Å². The van der Waals surface area contributed by atoms with Crippen LogP contribution in [-0.4, -0.2) is 25.0 Å². The van der Waals surface area contributed by atoms with Crippen molar-refractivity contribution in [3.8, 4) is 0 Å². The van der Waals surface area contributed by atoms with E-state index in [0.717, 1.165) is 25.5 Å². The molecule has 0 aliphatic heterocycles. The van der Waals surface area contributed by atoms with Crippen molar-refractivity contribution >= 4 is 38.9 Å². The third-order valence-corrected chi connectivity index (χ3v) is 4.83. The number of aliphatic hydroxyl groups excluding tert-OH is 1. The van der Waals surface area contributed by atoms with Gasteiger partial charge in [0.2, 0.25) is 0 Å². The van der Waals surface area contributed by atoms with E-state index in [1.54, 1.807) is 13.3 Å². The number of hydrogen-bond acceptors (Lipinski definition) is 5. The fourth-order valence-electron chi connectivity index (χ4n) is 1.78. The van der Waals surface area contributed by atoms with E-state index in [1.165, 1.54) is 18.1 Å². The van der Waals surface area contributed by atoms with Gasteiger partial charge in [-0.1, -0.05) is 17.8 Å². The molecule has 0 saturated heterocycles. The molecule has 0 saturated carbocycles. The second-order valence-corrected chi connectivity index (χ2v) is 6.13. The summed E-state index contributed by atoms with van der Waals surface area (Å²) in [5, 5.41) is 10.4. The molecule has 0 bridgehead atoms. The van der Waals surface area contributed by atoms with Crippen molar-refractivity contribution in [3.05, 3.63) is 40.9 Å². The molecule has 0 aliphatic carbocycles. The van der Waals surface area contributed by atoms with Gasteiger partial charge >= 0.3 is 0 Å². The molecule has 0 spiro atoms. The van der Waals surface area contributed by atoms with Gasteiger partial charge in [0.05, 0.1) is 12.4 Å². The van der Waals surface area contributed by atoms with Crippen LogP contribution in [0.15, 0.2) is 45.2 Å². The minimum absolute atomic E-state index is 0.483. The number of H-pyrrole nitrogens is 1. The van der Waals surface area contributed by atoms with E-state index in [2.05, 4.69) is 35.9 Å². The maximum Gasteiger partial charge on any atom is 0.181 e. The SMILES string of the molecule is C[C@@H](O)c1ccc(Sc2ncnc3nc[nH]c23)c(Br)c1. The van der Waals surface area contributed by atoms with Gasteiger partial charge in [-0.15, -0.1) is 0 Å². The van der Waals surface area contributed by atoms with E-state index >= 15 is 0 Å². The number of benzene rings is 1. The summed E-state index contributed by atoms with van der Waals surface area (Å²) in [7, 11) is 0. The van der Waals surface area contributed by atoms with Crippen LogP contribution in [0.1, 0.15) is 18.6 Å². The average molecular weight is 351 g/mol. The van der Waals surface area contributed by atoms with Crippen LogP contribution < -0.4 is 0 Å². The highest BCUT2D eigenvalue weighted by Crippen LogP contribution is 2.35. The molecule has 0 fully saturated rings. The highest BCUT2D eigenvalue weighted by Gasteiger charge is 2.11. The number of halogens is 1. The van der Waals surface area contributed by atoms with Crippen LogP contribution in [0.4, 0.5) is 0 Å². The van der Waals surface area contributed by atoms with E-state index < -0.39 is 6.10 Å². The van der Waals surface area contributed by atoms with Gasteiger partial charge in [-0.25, -0.2) is 15.0 Å². The summed E-state index contributed by atoms with van der Waals surface area (Å²) >= 11 is 5.04. The van der Waals surface area contributed by atoms with E-state index in [0.29, 0.717) is 5.65 Å². The third kappa shape index (κ3) is 2.56. The topological polar surface area (TPSA) is 74.7 Å². The minimum Gasteiger partial charge on any atom is -0.389 e. The number of aromatic nitrogens is 4. The first-order valence-electron chi connectivity index (χ1n) is 5.94. The number of nitrogens with one attached hydrogen (secondary N) is 1. The molecule has 2 heterocycles. The second kappa shape index (κ2) is 5.51. The second-order valence-electron chi connectivity index (χ2n) is 4.25. The molecule has 0 amide bonds. The molecular weight excluding hydrogens is 340 g/mol. The van der Waals surface area contributed by atoms with Crippen LogP contribution in [0.5, 0.6) is 0 Å². The van der Waals surface area contributed by atoms with Gasteiger partial charge in [0.15, 0.2) is 5.65 Å². The lowest BCUT2D eigenvalue weighted by molar-refractivity contribution is 0.199. The van der Waals surface area contributed by atoms with Crippen molar-refractivity contribution in [2.24, 2.45) is 0 Å². The predicted octanol–water partition coefficient (Wildman–Crippen LogP) is 3.32. The zero-order chi connectivity index (χ0) is 14.1. The van der Waals surface area contributed by atoms with Gasteiger partial charge in [0.25, 0.3) is 0 Å². The molecule has 0 unspecified atom stereocenters. The monoisotopic (exact) mass is 350 g/mol. The molecule has 2 aromatic heterocycles. The average Bonchev–Trinajstić information content (AvgIpc) is 2.90. The lowest BCUT2D eigenvalue weighted by Gasteiger charge is -2.08. The van der Waals surface area contributed by atoms with Gasteiger partial charge in [0, 0.05) is 9.37 Å². The molecule has 5 nitrogen and oxygen atoms in total. The lowest BCUT2D eigenvalue weighted by Crippen LogP contribution is -1.91. The summed E-state index contributed by atoms with van der Waals surface area (Å²) < 4.78 is 0.923. The van der Waals surface area contributed by atoms with Crippen LogP contribution in [0.2, 0.25) is 0 Å². The highest BCUT2D eigenvalue weighted by atomic mass is 79.9. The Kier molecular flexibility index (Phi) is 3.73. The summed E-state index contributed by atoms with van der Waals surface area (Å²) in [6.07, 6.45) is 2.63. The Morgan fingerprint density at radius 2 is 2.15 bits per heavy atom. The predicted molar refractivity (Wildman–Crippen MR) is 80.6 cm³/mol. The maximum atomic E-state index is 9.58. The number of fused-ring (bicyclic) bond motifs is 1. The van der Waals surface area contributed by atoms with Crippen LogP contribution in [0, 0.1) is 0 Å². The first kappa shape index (κ1) is 13.5. The number of aliphatic hydroxyl groups is 1. The van der Waals surface area contributed by atoms with E-state index in [4.69, 9.17) is 0 Å². The summed E-state index contributed by atoms with van der Waals surface area (Å²) in [6, 6.07) is 5.78. The van der Waals surface area contributed by atoms with Crippen LogP contribution >= 0.6 is 27.7 Å². The molecule has 20 heavy (non-hydrogen) atoms. The number of nitrogens with zero attached hydrogens (tertiary/aromatic N) is 3. The van der Waals surface area contributed by atoms with Gasteiger partial charge in [0.1, 0.15) is 16.9 Å². The summed E-state index contributed by atoms with van der Waals surface area (Å²) in [5.74, 6) is 0. The Labute approximate surface area is 128 Å². The summed E-state index contributed by atoms with van der Waals surface area (Å²) in [4.78, 5) is 16.6. The molecular formula is C13H11BrN4OS. The summed E-state index contributed by atoms with van der Waals surface area (Å²) in [5.41, 5.74) is 2.35. The van der Waals surface area contributed by atoms with Crippen molar-refractivity contribution < 1.29 is 5.11 Å². The van der Waals surface area contributed by atoms with Crippen LogP contribution in [0.3, 0.4) is 0 Å². The standard InChI is InChI=1S/C13H11BrN4OS/c1-7(19)8-2-3-10(9(14)4-8)20-13-11-12(16-5-15-11)17-6-18-13/h2-7,19H,1H3,(H,15,16,17,18)/t7-/m1/s1. The van der Waals surface area contributed by atoms with Gasteiger partial charge < -0.3 is 10.1 Å². The van der Waals surface area contributed by atoms with E-state index in [-0.39, 0.29) is 0 Å². The molecule has 0 radical (unpaired) electrons. The van der Waals surface area contributed by atoms with Crippen LogP contribution in [0.25, 0.3) is 11.2 Å². The lowest BCUT2D eigenvalue weighted by atomic mass is 10.1. The minimum atomic E-state index is -0.483. The fraction of sp³-hybridized carbons (Fsp3) is 0.154. The molecule has 1 atom stereocenters. The Balaban J connectivity index is 1.97. The Morgan fingerprint density at radius 3 is 2.90 bits per heavy atom. The Hall–Kier alpha value is -1.44. The number of hydrogen-bond donors (Lipinski definition) is 2. The molecule has 2 N–H and O–H groups in total. The smallest absolute Gasteiger partial charge is 0.181 e.